The zero-order chi connectivity index (χ0) is 13.0. The van der Waals surface area contributed by atoms with Crippen molar-refractivity contribution in [3.05, 3.63) is 47.7 Å². The lowest BCUT2D eigenvalue weighted by Crippen LogP contribution is -2.02. The third-order valence-electron chi connectivity index (χ3n) is 2.57. The molecular weight excluding hydrogens is 253 g/mol. The van der Waals surface area contributed by atoms with E-state index in [4.69, 9.17) is 11.6 Å². The van der Waals surface area contributed by atoms with Crippen molar-refractivity contribution in [2.24, 2.45) is 0 Å². The number of rotatable bonds is 4. The first-order valence-electron chi connectivity index (χ1n) is 5.66. The SMILES string of the molecule is CCc1ncnc(Nc2ccc(CCl)cc2)c1F. The van der Waals surface area contributed by atoms with Crippen molar-refractivity contribution in [2.45, 2.75) is 19.2 Å². The Morgan fingerprint density at radius 2 is 1.94 bits per heavy atom. The highest BCUT2D eigenvalue weighted by Crippen LogP contribution is 2.19. The first kappa shape index (κ1) is 12.8. The minimum absolute atomic E-state index is 0.195. The molecule has 0 atom stereocenters. The summed E-state index contributed by atoms with van der Waals surface area (Å²) in [6.45, 7) is 1.85. The quantitative estimate of drug-likeness (QED) is 0.858. The molecule has 0 saturated heterocycles. The Morgan fingerprint density at radius 3 is 2.56 bits per heavy atom. The average Bonchev–Trinajstić information content (AvgIpc) is 2.42. The predicted octanol–water partition coefficient (Wildman–Crippen LogP) is 3.66. The van der Waals surface area contributed by atoms with Crippen LogP contribution in [0.5, 0.6) is 0 Å². The summed E-state index contributed by atoms with van der Waals surface area (Å²) >= 11 is 5.70. The number of nitrogens with zero attached hydrogens (tertiary/aromatic N) is 2. The summed E-state index contributed by atoms with van der Waals surface area (Å²) in [6.07, 6.45) is 1.89. The summed E-state index contributed by atoms with van der Waals surface area (Å²) in [6, 6.07) is 7.44. The third-order valence-corrected chi connectivity index (χ3v) is 2.88. The zero-order valence-electron chi connectivity index (χ0n) is 9.95. The Hall–Kier alpha value is -1.68. The van der Waals surface area contributed by atoms with Crippen molar-refractivity contribution in [2.75, 3.05) is 5.32 Å². The molecule has 0 saturated carbocycles. The highest BCUT2D eigenvalue weighted by molar-refractivity contribution is 6.17. The molecule has 0 spiro atoms. The largest absolute Gasteiger partial charge is 0.338 e. The molecule has 1 N–H and O–H groups in total. The van der Waals surface area contributed by atoms with Gasteiger partial charge in [-0.15, -0.1) is 11.6 Å². The molecule has 0 bridgehead atoms. The first-order valence-corrected chi connectivity index (χ1v) is 6.19. The van der Waals surface area contributed by atoms with Gasteiger partial charge < -0.3 is 5.32 Å². The van der Waals surface area contributed by atoms with E-state index in [1.165, 1.54) is 6.33 Å². The van der Waals surface area contributed by atoms with E-state index in [0.717, 1.165) is 11.3 Å². The summed E-state index contributed by atoms with van der Waals surface area (Å²) in [5.41, 5.74) is 2.19. The van der Waals surface area contributed by atoms with Gasteiger partial charge in [0.25, 0.3) is 0 Å². The number of halogens is 2. The minimum Gasteiger partial charge on any atom is -0.338 e. The van der Waals surface area contributed by atoms with Crippen LogP contribution in [-0.4, -0.2) is 9.97 Å². The molecule has 0 unspecified atom stereocenters. The van der Waals surface area contributed by atoms with Crippen LogP contribution in [0, 0.1) is 5.82 Å². The van der Waals surface area contributed by atoms with Crippen LogP contribution in [0.3, 0.4) is 0 Å². The molecule has 0 aliphatic rings. The second-order valence-corrected chi connectivity index (χ2v) is 4.06. The normalized spacial score (nSPS) is 10.4. The van der Waals surface area contributed by atoms with Crippen molar-refractivity contribution < 1.29 is 4.39 Å². The molecule has 94 valence electrons. The number of aryl methyl sites for hydroxylation is 1. The predicted molar refractivity (Wildman–Crippen MR) is 70.6 cm³/mol. The van der Waals surface area contributed by atoms with Gasteiger partial charge in [-0.2, -0.15) is 0 Å². The van der Waals surface area contributed by atoms with Gasteiger partial charge >= 0.3 is 0 Å². The summed E-state index contributed by atoms with van der Waals surface area (Å²) in [7, 11) is 0. The Kier molecular flexibility index (Phi) is 4.10. The standard InChI is InChI=1S/C13H13ClFN3/c1-2-11-12(15)13(17-8-16-11)18-10-5-3-9(7-14)4-6-10/h3-6,8H,2,7H2,1H3,(H,16,17,18). The molecule has 1 aromatic carbocycles. The molecule has 0 aliphatic heterocycles. The molecule has 0 aliphatic carbocycles. The van der Waals surface area contributed by atoms with Crippen molar-refractivity contribution >= 4 is 23.1 Å². The number of aromatic nitrogens is 2. The van der Waals surface area contributed by atoms with Gasteiger partial charge in [-0.25, -0.2) is 14.4 Å². The second-order valence-electron chi connectivity index (χ2n) is 3.79. The lowest BCUT2D eigenvalue weighted by molar-refractivity contribution is 0.599. The number of benzene rings is 1. The van der Waals surface area contributed by atoms with Gasteiger partial charge in [0.15, 0.2) is 11.6 Å². The summed E-state index contributed by atoms with van der Waals surface area (Å²) in [4.78, 5) is 7.78. The fourth-order valence-corrected chi connectivity index (χ4v) is 1.73. The van der Waals surface area contributed by atoms with Crippen LogP contribution < -0.4 is 5.32 Å². The smallest absolute Gasteiger partial charge is 0.187 e. The van der Waals surface area contributed by atoms with Gasteiger partial charge in [-0.1, -0.05) is 19.1 Å². The van der Waals surface area contributed by atoms with E-state index in [1.807, 2.05) is 31.2 Å². The van der Waals surface area contributed by atoms with Crippen molar-refractivity contribution in [1.82, 2.24) is 9.97 Å². The fraction of sp³-hybridized carbons (Fsp3) is 0.231. The molecule has 1 aromatic heterocycles. The topological polar surface area (TPSA) is 37.8 Å². The van der Waals surface area contributed by atoms with Crippen molar-refractivity contribution in [3.63, 3.8) is 0 Å². The van der Waals surface area contributed by atoms with Crippen LogP contribution in [0.25, 0.3) is 0 Å². The highest BCUT2D eigenvalue weighted by Gasteiger charge is 2.09. The molecular formula is C13H13ClFN3. The van der Waals surface area contributed by atoms with Gasteiger partial charge in [0.05, 0.1) is 5.69 Å². The van der Waals surface area contributed by atoms with E-state index >= 15 is 0 Å². The molecule has 18 heavy (non-hydrogen) atoms. The number of alkyl halides is 1. The zero-order valence-corrected chi connectivity index (χ0v) is 10.7. The minimum atomic E-state index is -0.401. The Morgan fingerprint density at radius 1 is 1.22 bits per heavy atom. The van der Waals surface area contributed by atoms with E-state index in [0.29, 0.717) is 18.0 Å². The van der Waals surface area contributed by atoms with Crippen LogP contribution >= 0.6 is 11.6 Å². The van der Waals surface area contributed by atoms with Gasteiger partial charge in [0.2, 0.25) is 0 Å². The average molecular weight is 266 g/mol. The van der Waals surface area contributed by atoms with Gasteiger partial charge in [0, 0.05) is 11.6 Å². The fourth-order valence-electron chi connectivity index (χ4n) is 1.55. The van der Waals surface area contributed by atoms with Crippen LogP contribution in [0.1, 0.15) is 18.2 Å². The Balaban J connectivity index is 2.22. The monoisotopic (exact) mass is 265 g/mol. The number of hydrogen-bond donors (Lipinski definition) is 1. The maximum atomic E-state index is 13.9. The lowest BCUT2D eigenvalue weighted by Gasteiger charge is -2.08. The van der Waals surface area contributed by atoms with Crippen LogP contribution in [0.2, 0.25) is 0 Å². The van der Waals surface area contributed by atoms with E-state index in [-0.39, 0.29) is 5.82 Å². The van der Waals surface area contributed by atoms with E-state index < -0.39 is 5.82 Å². The van der Waals surface area contributed by atoms with Crippen molar-refractivity contribution in [1.29, 1.82) is 0 Å². The summed E-state index contributed by atoms with van der Waals surface area (Å²) < 4.78 is 13.9. The van der Waals surface area contributed by atoms with Crippen LogP contribution in [0.4, 0.5) is 15.9 Å². The number of hydrogen-bond acceptors (Lipinski definition) is 3. The highest BCUT2D eigenvalue weighted by atomic mass is 35.5. The molecule has 2 aromatic rings. The molecule has 0 radical (unpaired) electrons. The molecule has 5 heteroatoms. The maximum Gasteiger partial charge on any atom is 0.187 e. The molecule has 2 rings (SSSR count). The van der Waals surface area contributed by atoms with Gasteiger partial charge in [0.1, 0.15) is 6.33 Å². The maximum absolute atomic E-state index is 13.9. The Bertz CT molecular complexity index is 528. The molecule has 3 nitrogen and oxygen atoms in total. The van der Waals surface area contributed by atoms with E-state index in [9.17, 15) is 4.39 Å². The van der Waals surface area contributed by atoms with Crippen LogP contribution in [-0.2, 0) is 12.3 Å². The summed E-state index contributed by atoms with van der Waals surface area (Å²) in [5, 5.41) is 2.93. The summed E-state index contributed by atoms with van der Waals surface area (Å²) in [5.74, 6) is 0.254. The van der Waals surface area contributed by atoms with Gasteiger partial charge in [-0.3, -0.25) is 0 Å². The van der Waals surface area contributed by atoms with E-state index in [1.54, 1.807) is 0 Å². The molecule has 0 fully saturated rings. The lowest BCUT2D eigenvalue weighted by atomic mass is 10.2. The number of nitrogens with one attached hydrogen (secondary N) is 1. The third kappa shape index (κ3) is 2.76. The van der Waals surface area contributed by atoms with E-state index in [2.05, 4.69) is 15.3 Å². The first-order chi connectivity index (χ1) is 8.74. The number of anilines is 2. The second kappa shape index (κ2) is 5.78. The van der Waals surface area contributed by atoms with Crippen LogP contribution in [0.15, 0.2) is 30.6 Å². The van der Waals surface area contributed by atoms with Gasteiger partial charge in [-0.05, 0) is 24.1 Å². The molecule has 0 amide bonds. The Labute approximate surface area is 110 Å². The molecule has 1 heterocycles. The van der Waals surface area contributed by atoms with Crippen molar-refractivity contribution in [3.8, 4) is 0 Å².